The molecule has 4 heteroatoms. The number of esters is 1. The molecule has 1 aliphatic heterocycles. The van der Waals surface area contributed by atoms with Crippen molar-refractivity contribution in [3.63, 3.8) is 0 Å². The van der Waals surface area contributed by atoms with Crippen LogP contribution >= 0.6 is 0 Å². The number of benzene rings is 1. The minimum absolute atomic E-state index is 0.104. The van der Waals surface area contributed by atoms with Crippen LogP contribution < -0.4 is 5.32 Å². The van der Waals surface area contributed by atoms with E-state index in [2.05, 4.69) is 34.5 Å². The first-order chi connectivity index (χ1) is 10.2. The molecule has 2 aliphatic rings. The van der Waals surface area contributed by atoms with Gasteiger partial charge < -0.3 is 4.74 Å². The Morgan fingerprint density at radius 3 is 2.81 bits per heavy atom. The molecule has 0 spiro atoms. The SMILES string of the molecule is COC(=O)C1(NC2CC2)CCCN(Cc2ccccc2)C1. The Hall–Kier alpha value is -1.39. The Morgan fingerprint density at radius 2 is 2.14 bits per heavy atom. The Labute approximate surface area is 126 Å². The van der Waals surface area contributed by atoms with Crippen LogP contribution in [-0.4, -0.2) is 42.6 Å². The molecule has 3 rings (SSSR count). The molecule has 2 fully saturated rings. The van der Waals surface area contributed by atoms with Gasteiger partial charge in [0.15, 0.2) is 0 Å². The molecule has 1 atom stereocenters. The van der Waals surface area contributed by atoms with E-state index in [0.717, 1.165) is 32.5 Å². The highest BCUT2D eigenvalue weighted by atomic mass is 16.5. The number of nitrogens with one attached hydrogen (secondary N) is 1. The largest absolute Gasteiger partial charge is 0.468 e. The van der Waals surface area contributed by atoms with Gasteiger partial charge in [-0.05, 0) is 37.8 Å². The number of methoxy groups -OCH3 is 1. The van der Waals surface area contributed by atoms with Crippen molar-refractivity contribution in [3.05, 3.63) is 35.9 Å². The van der Waals surface area contributed by atoms with Crippen molar-refractivity contribution in [1.29, 1.82) is 0 Å². The third-order valence-corrected chi connectivity index (χ3v) is 4.45. The maximum Gasteiger partial charge on any atom is 0.327 e. The van der Waals surface area contributed by atoms with Crippen LogP contribution in [0, 0.1) is 0 Å². The van der Waals surface area contributed by atoms with E-state index in [1.54, 1.807) is 0 Å². The third-order valence-electron chi connectivity index (χ3n) is 4.45. The van der Waals surface area contributed by atoms with Crippen LogP contribution in [0.25, 0.3) is 0 Å². The molecule has 21 heavy (non-hydrogen) atoms. The first kappa shape index (κ1) is 14.5. The summed E-state index contributed by atoms with van der Waals surface area (Å²) in [6.07, 6.45) is 4.26. The van der Waals surface area contributed by atoms with Crippen molar-refractivity contribution >= 4 is 5.97 Å². The molecular weight excluding hydrogens is 264 g/mol. The molecule has 1 saturated carbocycles. The quantitative estimate of drug-likeness (QED) is 0.841. The standard InChI is InChI=1S/C17H24N2O2/c1-21-16(20)17(18-15-8-9-15)10-5-11-19(13-17)12-14-6-3-2-4-7-14/h2-4,6-7,15,18H,5,8-13H2,1H3. The second kappa shape index (κ2) is 6.16. The van der Waals surface area contributed by atoms with Gasteiger partial charge in [0, 0.05) is 19.1 Å². The van der Waals surface area contributed by atoms with Crippen LogP contribution in [0.5, 0.6) is 0 Å². The van der Waals surface area contributed by atoms with Gasteiger partial charge in [0.1, 0.15) is 5.54 Å². The number of nitrogens with zero attached hydrogens (tertiary/aromatic N) is 1. The van der Waals surface area contributed by atoms with Gasteiger partial charge in [-0.25, -0.2) is 0 Å². The Balaban J connectivity index is 1.70. The summed E-state index contributed by atoms with van der Waals surface area (Å²) in [4.78, 5) is 14.7. The molecule has 1 heterocycles. The lowest BCUT2D eigenvalue weighted by atomic mass is 9.88. The molecule has 1 aliphatic carbocycles. The molecule has 1 unspecified atom stereocenters. The first-order valence-corrected chi connectivity index (χ1v) is 7.84. The monoisotopic (exact) mass is 288 g/mol. The summed E-state index contributed by atoms with van der Waals surface area (Å²) >= 11 is 0. The molecule has 0 aromatic heterocycles. The van der Waals surface area contributed by atoms with E-state index < -0.39 is 5.54 Å². The van der Waals surface area contributed by atoms with Gasteiger partial charge in [-0.1, -0.05) is 30.3 Å². The van der Waals surface area contributed by atoms with Gasteiger partial charge in [0.2, 0.25) is 0 Å². The van der Waals surface area contributed by atoms with Crippen LogP contribution in [-0.2, 0) is 16.1 Å². The molecule has 114 valence electrons. The van der Waals surface area contributed by atoms with Crippen molar-refractivity contribution in [2.75, 3.05) is 20.2 Å². The van der Waals surface area contributed by atoms with E-state index in [1.807, 2.05) is 6.07 Å². The number of rotatable bonds is 5. The lowest BCUT2D eigenvalue weighted by molar-refractivity contribution is -0.151. The zero-order valence-corrected chi connectivity index (χ0v) is 12.7. The number of carbonyl (C=O) groups is 1. The number of carbonyl (C=O) groups excluding carboxylic acids is 1. The van der Waals surface area contributed by atoms with Crippen LogP contribution in [0.1, 0.15) is 31.2 Å². The Bertz CT molecular complexity index is 487. The lowest BCUT2D eigenvalue weighted by Crippen LogP contribution is -2.62. The zero-order chi connectivity index (χ0) is 14.7. The highest BCUT2D eigenvalue weighted by Gasteiger charge is 2.46. The van der Waals surface area contributed by atoms with Crippen molar-refractivity contribution in [2.45, 2.75) is 43.8 Å². The van der Waals surface area contributed by atoms with Gasteiger partial charge in [-0.15, -0.1) is 0 Å². The maximum absolute atomic E-state index is 12.3. The number of ether oxygens (including phenoxy) is 1. The molecule has 0 amide bonds. The minimum Gasteiger partial charge on any atom is -0.468 e. The molecule has 0 bridgehead atoms. The summed E-state index contributed by atoms with van der Waals surface area (Å²) in [5.41, 5.74) is 0.785. The fraction of sp³-hybridized carbons (Fsp3) is 0.588. The van der Waals surface area contributed by atoms with Crippen molar-refractivity contribution in [2.24, 2.45) is 0 Å². The van der Waals surface area contributed by atoms with Gasteiger partial charge in [-0.3, -0.25) is 15.0 Å². The fourth-order valence-corrected chi connectivity index (χ4v) is 3.28. The topological polar surface area (TPSA) is 41.6 Å². The van der Waals surface area contributed by atoms with Crippen LogP contribution in [0.3, 0.4) is 0 Å². The molecular formula is C17H24N2O2. The normalized spacial score (nSPS) is 26.5. The lowest BCUT2D eigenvalue weighted by Gasteiger charge is -2.41. The molecule has 1 N–H and O–H groups in total. The highest BCUT2D eigenvalue weighted by Crippen LogP contribution is 2.29. The third kappa shape index (κ3) is 3.44. The van der Waals surface area contributed by atoms with Crippen molar-refractivity contribution < 1.29 is 9.53 Å². The maximum atomic E-state index is 12.3. The van der Waals surface area contributed by atoms with E-state index in [-0.39, 0.29) is 5.97 Å². The van der Waals surface area contributed by atoms with Crippen molar-refractivity contribution in [3.8, 4) is 0 Å². The Morgan fingerprint density at radius 1 is 1.38 bits per heavy atom. The predicted molar refractivity (Wildman–Crippen MR) is 81.9 cm³/mol. The second-order valence-electron chi connectivity index (χ2n) is 6.29. The first-order valence-electron chi connectivity index (χ1n) is 7.84. The summed E-state index contributed by atoms with van der Waals surface area (Å²) in [7, 11) is 1.49. The van der Waals surface area contributed by atoms with Crippen LogP contribution in [0.15, 0.2) is 30.3 Å². The Kier molecular flexibility index (Phi) is 4.27. The summed E-state index contributed by atoms with van der Waals surface area (Å²) < 4.78 is 5.09. The smallest absolute Gasteiger partial charge is 0.327 e. The van der Waals surface area contributed by atoms with Gasteiger partial charge >= 0.3 is 5.97 Å². The van der Waals surface area contributed by atoms with Crippen LogP contribution in [0.2, 0.25) is 0 Å². The van der Waals surface area contributed by atoms with E-state index in [1.165, 1.54) is 25.5 Å². The molecule has 1 aromatic rings. The van der Waals surface area contributed by atoms with Gasteiger partial charge in [0.05, 0.1) is 7.11 Å². The minimum atomic E-state index is -0.511. The summed E-state index contributed by atoms with van der Waals surface area (Å²) in [6, 6.07) is 10.9. The van der Waals surface area contributed by atoms with Crippen molar-refractivity contribution in [1.82, 2.24) is 10.2 Å². The van der Waals surface area contributed by atoms with E-state index >= 15 is 0 Å². The number of hydrogen-bond donors (Lipinski definition) is 1. The predicted octanol–water partition coefficient (Wildman–Crippen LogP) is 1.95. The van der Waals surface area contributed by atoms with E-state index in [4.69, 9.17) is 4.74 Å². The number of piperidine rings is 1. The number of likely N-dealkylation sites (tertiary alicyclic amines) is 1. The van der Waals surface area contributed by atoms with E-state index in [0.29, 0.717) is 6.04 Å². The molecule has 0 radical (unpaired) electrons. The molecule has 1 saturated heterocycles. The average molecular weight is 288 g/mol. The summed E-state index contributed by atoms with van der Waals surface area (Å²) in [5, 5.41) is 3.56. The van der Waals surface area contributed by atoms with Gasteiger partial charge in [0.25, 0.3) is 0 Å². The molecule has 4 nitrogen and oxygen atoms in total. The van der Waals surface area contributed by atoms with E-state index in [9.17, 15) is 4.79 Å². The van der Waals surface area contributed by atoms with Crippen LogP contribution in [0.4, 0.5) is 0 Å². The molecule has 1 aromatic carbocycles. The second-order valence-corrected chi connectivity index (χ2v) is 6.29. The summed E-state index contributed by atoms with van der Waals surface area (Å²) in [6.45, 7) is 2.68. The van der Waals surface area contributed by atoms with Gasteiger partial charge in [-0.2, -0.15) is 0 Å². The summed E-state index contributed by atoms with van der Waals surface area (Å²) in [5.74, 6) is -0.104. The highest BCUT2D eigenvalue weighted by molar-refractivity contribution is 5.81. The number of hydrogen-bond acceptors (Lipinski definition) is 4. The average Bonchev–Trinajstić information content (AvgIpc) is 3.31. The zero-order valence-electron chi connectivity index (χ0n) is 12.7. The fourth-order valence-electron chi connectivity index (χ4n) is 3.28.